The van der Waals surface area contributed by atoms with Crippen LogP contribution >= 0.6 is 11.3 Å². The number of benzene rings is 1. The van der Waals surface area contributed by atoms with Crippen molar-refractivity contribution < 1.29 is 9.59 Å². The molecule has 2 amide bonds. The quantitative estimate of drug-likeness (QED) is 0.834. The second-order valence-electron chi connectivity index (χ2n) is 6.62. The maximum atomic E-state index is 12.7. The van der Waals surface area contributed by atoms with Gasteiger partial charge in [0.05, 0.1) is 0 Å². The zero-order valence-electron chi connectivity index (χ0n) is 14.6. The molecule has 1 aromatic heterocycles. The van der Waals surface area contributed by atoms with Crippen LogP contribution in [0.3, 0.4) is 0 Å². The third-order valence-corrected chi connectivity index (χ3v) is 5.88. The number of carbonyl (C=O) groups excluding carboxylic acids is 2. The average Bonchev–Trinajstić information content (AvgIpc) is 3.25. The smallest absolute Gasteiger partial charge is 0.259 e. The highest BCUT2D eigenvalue weighted by molar-refractivity contribution is 7.09. The van der Waals surface area contributed by atoms with Crippen molar-refractivity contribution in [1.82, 2.24) is 14.7 Å². The van der Waals surface area contributed by atoms with Crippen LogP contribution in [0, 0.1) is 0 Å². The standard InChI is InChI=1S/C20H21N3O2S/c1-15-17-6-2-3-7-18(17)20(25)23(15)14-19(24)22-10-8-21(9-11-22)13-16-5-4-12-26-16/h2-7,12H,1,8-11,13-14H2. The van der Waals surface area contributed by atoms with E-state index < -0.39 is 0 Å². The number of hydrogen-bond acceptors (Lipinski definition) is 4. The van der Waals surface area contributed by atoms with E-state index in [0.29, 0.717) is 24.4 Å². The fourth-order valence-corrected chi connectivity index (χ4v) is 4.26. The summed E-state index contributed by atoms with van der Waals surface area (Å²) in [5.41, 5.74) is 2.08. The van der Waals surface area contributed by atoms with E-state index in [0.717, 1.165) is 25.2 Å². The minimum Gasteiger partial charge on any atom is -0.339 e. The van der Waals surface area contributed by atoms with Crippen molar-refractivity contribution in [3.63, 3.8) is 0 Å². The molecule has 0 atom stereocenters. The summed E-state index contributed by atoms with van der Waals surface area (Å²) in [6, 6.07) is 11.6. The molecule has 0 spiro atoms. The van der Waals surface area contributed by atoms with Crippen molar-refractivity contribution in [2.24, 2.45) is 0 Å². The van der Waals surface area contributed by atoms with Crippen molar-refractivity contribution in [3.05, 3.63) is 64.4 Å². The Hall–Kier alpha value is -2.44. The van der Waals surface area contributed by atoms with E-state index in [-0.39, 0.29) is 18.4 Å². The third kappa shape index (κ3) is 3.18. The molecule has 2 aliphatic heterocycles. The number of nitrogens with zero attached hydrogens (tertiary/aromatic N) is 3. The number of piperazine rings is 1. The lowest BCUT2D eigenvalue weighted by molar-refractivity contribution is -0.133. The Bertz CT molecular complexity index is 804. The lowest BCUT2D eigenvalue weighted by Crippen LogP contribution is -2.50. The predicted molar refractivity (Wildman–Crippen MR) is 103 cm³/mol. The molecule has 0 N–H and O–H groups in total. The summed E-state index contributed by atoms with van der Waals surface area (Å²) < 4.78 is 0. The van der Waals surface area contributed by atoms with E-state index >= 15 is 0 Å². The normalized spacial score (nSPS) is 17.7. The van der Waals surface area contributed by atoms with Gasteiger partial charge in [0.2, 0.25) is 5.91 Å². The van der Waals surface area contributed by atoms with Gasteiger partial charge in [0.1, 0.15) is 6.54 Å². The zero-order valence-corrected chi connectivity index (χ0v) is 15.4. The highest BCUT2D eigenvalue weighted by atomic mass is 32.1. The van der Waals surface area contributed by atoms with E-state index in [1.165, 1.54) is 9.78 Å². The van der Waals surface area contributed by atoms with E-state index in [4.69, 9.17) is 0 Å². The van der Waals surface area contributed by atoms with Gasteiger partial charge in [-0.2, -0.15) is 0 Å². The molecule has 0 aliphatic carbocycles. The van der Waals surface area contributed by atoms with Gasteiger partial charge in [0.25, 0.3) is 5.91 Å². The minimum atomic E-state index is -0.129. The van der Waals surface area contributed by atoms with Gasteiger partial charge >= 0.3 is 0 Å². The van der Waals surface area contributed by atoms with Gasteiger partial charge in [-0.05, 0) is 17.5 Å². The molecule has 0 unspecified atom stereocenters. The lowest BCUT2D eigenvalue weighted by Gasteiger charge is -2.35. The summed E-state index contributed by atoms with van der Waals surface area (Å²) in [7, 11) is 0. The Morgan fingerprint density at radius 3 is 2.42 bits per heavy atom. The van der Waals surface area contributed by atoms with Crippen molar-refractivity contribution in [1.29, 1.82) is 0 Å². The number of rotatable bonds is 4. The van der Waals surface area contributed by atoms with Crippen LogP contribution in [0.5, 0.6) is 0 Å². The van der Waals surface area contributed by atoms with Crippen molar-refractivity contribution in [2.45, 2.75) is 6.54 Å². The van der Waals surface area contributed by atoms with Crippen LogP contribution in [-0.4, -0.2) is 59.2 Å². The number of amides is 2. The summed E-state index contributed by atoms with van der Waals surface area (Å²) in [5.74, 6) is -0.140. The number of fused-ring (bicyclic) bond motifs is 1. The van der Waals surface area contributed by atoms with Crippen LogP contribution in [0.15, 0.2) is 48.4 Å². The maximum absolute atomic E-state index is 12.7. The maximum Gasteiger partial charge on any atom is 0.259 e. The van der Waals surface area contributed by atoms with Gasteiger partial charge in [-0.15, -0.1) is 11.3 Å². The second kappa shape index (κ2) is 7.05. The Labute approximate surface area is 157 Å². The summed E-state index contributed by atoms with van der Waals surface area (Å²) in [5, 5.41) is 2.09. The topological polar surface area (TPSA) is 43.9 Å². The molecule has 1 saturated heterocycles. The highest BCUT2D eigenvalue weighted by Gasteiger charge is 2.33. The van der Waals surface area contributed by atoms with Crippen molar-refractivity contribution in [2.75, 3.05) is 32.7 Å². The van der Waals surface area contributed by atoms with Crippen LogP contribution in [-0.2, 0) is 11.3 Å². The second-order valence-corrected chi connectivity index (χ2v) is 7.65. The third-order valence-electron chi connectivity index (χ3n) is 5.02. The van der Waals surface area contributed by atoms with Gasteiger partial charge in [0, 0.05) is 54.4 Å². The average molecular weight is 367 g/mol. The Morgan fingerprint density at radius 1 is 1.04 bits per heavy atom. The Balaban J connectivity index is 1.34. The first-order chi connectivity index (χ1) is 12.6. The summed E-state index contributed by atoms with van der Waals surface area (Å²) in [6.07, 6.45) is 0. The molecule has 2 aliphatic rings. The largest absolute Gasteiger partial charge is 0.339 e. The monoisotopic (exact) mass is 367 g/mol. The lowest BCUT2D eigenvalue weighted by atomic mass is 10.1. The molecule has 26 heavy (non-hydrogen) atoms. The van der Waals surface area contributed by atoms with Crippen LogP contribution in [0.25, 0.3) is 5.70 Å². The van der Waals surface area contributed by atoms with E-state index in [1.807, 2.05) is 23.1 Å². The molecule has 0 radical (unpaired) electrons. The number of thiophene rings is 1. The molecule has 6 heteroatoms. The molecule has 134 valence electrons. The highest BCUT2D eigenvalue weighted by Crippen LogP contribution is 2.30. The minimum absolute atomic E-state index is 0.0110. The molecule has 2 aromatic rings. The summed E-state index contributed by atoms with van der Waals surface area (Å²) >= 11 is 1.76. The first kappa shape index (κ1) is 17.0. The summed E-state index contributed by atoms with van der Waals surface area (Å²) in [6.45, 7) is 8.13. The molecule has 5 nitrogen and oxygen atoms in total. The van der Waals surface area contributed by atoms with Crippen LogP contribution in [0.2, 0.25) is 0 Å². The summed E-state index contributed by atoms with van der Waals surface area (Å²) in [4.78, 5) is 32.3. The van der Waals surface area contributed by atoms with E-state index in [1.54, 1.807) is 17.4 Å². The molecule has 1 fully saturated rings. The fourth-order valence-electron chi connectivity index (χ4n) is 3.52. The van der Waals surface area contributed by atoms with Crippen LogP contribution < -0.4 is 0 Å². The van der Waals surface area contributed by atoms with Crippen LogP contribution in [0.4, 0.5) is 0 Å². The molecular formula is C20H21N3O2S. The first-order valence-corrected chi connectivity index (χ1v) is 9.64. The molecule has 0 saturated carbocycles. The number of carbonyl (C=O) groups is 2. The van der Waals surface area contributed by atoms with Gasteiger partial charge in [-0.1, -0.05) is 30.8 Å². The number of hydrogen-bond donors (Lipinski definition) is 0. The SMILES string of the molecule is C=C1c2ccccc2C(=O)N1CC(=O)N1CCN(Cc2cccs2)CC1. The van der Waals surface area contributed by atoms with Crippen molar-refractivity contribution in [3.8, 4) is 0 Å². The Kier molecular flexibility index (Phi) is 4.61. The predicted octanol–water partition coefficient (Wildman–Crippen LogP) is 2.52. The van der Waals surface area contributed by atoms with E-state index in [2.05, 4.69) is 29.0 Å². The Morgan fingerprint density at radius 2 is 1.77 bits per heavy atom. The zero-order chi connectivity index (χ0) is 18.1. The van der Waals surface area contributed by atoms with Gasteiger partial charge in [0.15, 0.2) is 0 Å². The molecule has 4 rings (SSSR count). The van der Waals surface area contributed by atoms with Gasteiger partial charge in [-0.3, -0.25) is 19.4 Å². The fraction of sp³-hybridized carbons (Fsp3) is 0.300. The van der Waals surface area contributed by atoms with E-state index in [9.17, 15) is 9.59 Å². The van der Waals surface area contributed by atoms with Gasteiger partial charge in [-0.25, -0.2) is 0 Å². The molecular weight excluding hydrogens is 346 g/mol. The molecule has 0 bridgehead atoms. The molecule has 1 aromatic carbocycles. The van der Waals surface area contributed by atoms with Crippen molar-refractivity contribution >= 4 is 28.8 Å². The van der Waals surface area contributed by atoms with Gasteiger partial charge < -0.3 is 4.90 Å². The first-order valence-electron chi connectivity index (χ1n) is 8.76. The van der Waals surface area contributed by atoms with Crippen LogP contribution in [0.1, 0.15) is 20.8 Å². The molecule has 3 heterocycles.